The first-order valence-corrected chi connectivity index (χ1v) is 9.45. The Bertz CT molecular complexity index is 918. The van der Waals surface area contributed by atoms with E-state index in [1.54, 1.807) is 0 Å². The number of carbonyl (C=O) groups excluding carboxylic acids is 1. The molecule has 0 aliphatic rings. The Balaban J connectivity index is 1.55. The van der Waals surface area contributed by atoms with Gasteiger partial charge < -0.3 is 15.0 Å². The maximum Gasteiger partial charge on any atom is 0.387 e. The number of amides is 1. The molecule has 27 heavy (non-hydrogen) atoms. The lowest BCUT2D eigenvalue weighted by Gasteiger charge is -2.11. The molecule has 3 aromatic rings. The fourth-order valence-electron chi connectivity index (χ4n) is 2.41. The number of para-hydroxylation sites is 2. The summed E-state index contributed by atoms with van der Waals surface area (Å²) >= 11 is 7.30. The van der Waals surface area contributed by atoms with Crippen LogP contribution < -0.4 is 10.1 Å². The number of carbonyl (C=O) groups is 1. The normalized spacial score (nSPS) is 12.3. The summed E-state index contributed by atoms with van der Waals surface area (Å²) in [5, 5.41) is 2.67. The van der Waals surface area contributed by atoms with E-state index >= 15 is 0 Å². The van der Waals surface area contributed by atoms with Crippen LogP contribution in [0.25, 0.3) is 11.0 Å². The second-order valence-electron chi connectivity index (χ2n) is 5.66. The van der Waals surface area contributed by atoms with Gasteiger partial charge in [0.1, 0.15) is 11.6 Å². The number of nitrogens with one attached hydrogen (secondary N) is 2. The largest absolute Gasteiger partial charge is 0.433 e. The van der Waals surface area contributed by atoms with Crippen LogP contribution in [0.15, 0.2) is 42.5 Å². The number of hydrogen-bond acceptors (Lipinski definition) is 4. The molecule has 0 bridgehead atoms. The van der Waals surface area contributed by atoms with Crippen LogP contribution in [-0.2, 0) is 4.79 Å². The van der Waals surface area contributed by atoms with Gasteiger partial charge in [-0.25, -0.2) is 4.98 Å². The highest BCUT2D eigenvalue weighted by Gasteiger charge is 2.14. The maximum absolute atomic E-state index is 12.2. The van der Waals surface area contributed by atoms with Gasteiger partial charge in [-0.05, 0) is 37.3 Å². The molecule has 1 heterocycles. The summed E-state index contributed by atoms with van der Waals surface area (Å²) in [5.74, 6) is 0.620. The average Bonchev–Trinajstić information content (AvgIpc) is 3.06. The van der Waals surface area contributed by atoms with Crippen molar-refractivity contribution in [2.45, 2.75) is 18.8 Å². The molecular formula is C18H16ClF2N3O2S. The minimum Gasteiger partial charge on any atom is -0.433 e. The molecule has 9 heteroatoms. The number of aromatic nitrogens is 2. The molecule has 0 spiro atoms. The molecule has 1 unspecified atom stereocenters. The van der Waals surface area contributed by atoms with Crippen LogP contribution in [0.2, 0.25) is 5.02 Å². The molecule has 0 radical (unpaired) electrons. The zero-order valence-electron chi connectivity index (χ0n) is 14.2. The fraction of sp³-hybridized carbons (Fsp3) is 0.222. The third kappa shape index (κ3) is 5.11. The highest BCUT2D eigenvalue weighted by molar-refractivity contribution is 8.00. The first-order chi connectivity index (χ1) is 12.9. The molecule has 1 atom stereocenters. The second kappa shape index (κ2) is 8.58. The minimum atomic E-state index is -2.96. The minimum absolute atomic E-state index is 0.00334. The van der Waals surface area contributed by atoms with Crippen molar-refractivity contribution in [1.82, 2.24) is 9.97 Å². The number of fused-ring (bicyclic) bond motifs is 1. The molecule has 0 saturated carbocycles. The molecule has 3 rings (SSSR count). The van der Waals surface area contributed by atoms with E-state index < -0.39 is 6.61 Å². The molecule has 142 valence electrons. The Morgan fingerprint density at radius 3 is 2.81 bits per heavy atom. The van der Waals surface area contributed by atoms with Gasteiger partial charge in [0.2, 0.25) is 5.91 Å². The van der Waals surface area contributed by atoms with E-state index in [2.05, 4.69) is 20.0 Å². The summed E-state index contributed by atoms with van der Waals surface area (Å²) in [4.78, 5) is 19.9. The van der Waals surface area contributed by atoms with Crippen molar-refractivity contribution in [2.75, 3.05) is 11.1 Å². The predicted octanol–water partition coefficient (Wildman–Crippen LogP) is 5.25. The molecule has 1 aromatic heterocycles. The predicted molar refractivity (Wildman–Crippen MR) is 104 cm³/mol. The number of aromatic amines is 1. The van der Waals surface area contributed by atoms with Crippen LogP contribution >= 0.6 is 23.4 Å². The number of thioether (sulfide) groups is 1. The van der Waals surface area contributed by atoms with Gasteiger partial charge in [-0.15, -0.1) is 11.8 Å². The van der Waals surface area contributed by atoms with E-state index in [-0.39, 0.29) is 27.7 Å². The van der Waals surface area contributed by atoms with E-state index in [0.717, 1.165) is 16.9 Å². The summed E-state index contributed by atoms with van der Waals surface area (Å²) in [6.07, 6.45) is 0. The Hall–Kier alpha value is -2.32. The fourth-order valence-corrected chi connectivity index (χ4v) is 3.38. The lowest BCUT2D eigenvalue weighted by Crippen LogP contribution is -2.15. The van der Waals surface area contributed by atoms with Crippen molar-refractivity contribution in [3.05, 3.63) is 53.3 Å². The number of alkyl halides is 2. The molecule has 0 aliphatic carbocycles. The maximum atomic E-state index is 12.2. The van der Waals surface area contributed by atoms with Crippen molar-refractivity contribution in [3.8, 4) is 5.75 Å². The number of H-pyrrole nitrogens is 1. The lowest BCUT2D eigenvalue weighted by molar-refractivity contribution is -0.113. The monoisotopic (exact) mass is 411 g/mol. The van der Waals surface area contributed by atoms with Crippen molar-refractivity contribution >= 4 is 46.0 Å². The van der Waals surface area contributed by atoms with Gasteiger partial charge in [0.15, 0.2) is 0 Å². The second-order valence-corrected chi connectivity index (χ2v) is 7.40. The number of benzene rings is 2. The summed E-state index contributed by atoms with van der Waals surface area (Å²) < 4.78 is 28.7. The highest BCUT2D eigenvalue weighted by atomic mass is 35.5. The van der Waals surface area contributed by atoms with Gasteiger partial charge in [-0.3, -0.25) is 4.79 Å². The third-order valence-corrected chi connectivity index (χ3v) is 5.14. The van der Waals surface area contributed by atoms with Crippen LogP contribution in [-0.4, -0.2) is 28.2 Å². The molecule has 2 aromatic carbocycles. The van der Waals surface area contributed by atoms with Gasteiger partial charge in [0.05, 0.1) is 27.1 Å². The van der Waals surface area contributed by atoms with Gasteiger partial charge in [-0.2, -0.15) is 8.78 Å². The van der Waals surface area contributed by atoms with Gasteiger partial charge in [0.25, 0.3) is 0 Å². The topological polar surface area (TPSA) is 67.0 Å². The number of anilines is 1. The Morgan fingerprint density at radius 2 is 2.11 bits per heavy atom. The zero-order chi connectivity index (χ0) is 19.4. The summed E-state index contributed by atoms with van der Waals surface area (Å²) in [5.41, 5.74) is 2.24. The smallest absolute Gasteiger partial charge is 0.387 e. The molecule has 2 N–H and O–H groups in total. The Morgan fingerprint density at radius 1 is 1.33 bits per heavy atom. The summed E-state index contributed by atoms with van der Waals surface area (Å²) in [6, 6.07) is 11.8. The Kier molecular flexibility index (Phi) is 6.18. The molecule has 0 fully saturated rings. The summed E-state index contributed by atoms with van der Waals surface area (Å²) in [7, 11) is 0. The van der Waals surface area contributed by atoms with Crippen LogP contribution in [0.1, 0.15) is 18.0 Å². The van der Waals surface area contributed by atoms with Crippen LogP contribution in [0.5, 0.6) is 5.75 Å². The molecule has 5 nitrogen and oxygen atoms in total. The number of halogens is 3. The first kappa shape index (κ1) is 19.4. The van der Waals surface area contributed by atoms with E-state index in [0.29, 0.717) is 5.69 Å². The van der Waals surface area contributed by atoms with Crippen molar-refractivity contribution < 1.29 is 18.3 Å². The van der Waals surface area contributed by atoms with E-state index in [4.69, 9.17) is 11.6 Å². The molecular weight excluding hydrogens is 396 g/mol. The van der Waals surface area contributed by atoms with E-state index in [1.165, 1.54) is 30.0 Å². The standard InChI is InChI=1S/C18H16ClF2N3O2S/c1-10(17-23-13-4-2-3-5-14(13)24-17)27-9-16(25)22-11-6-7-15(12(19)8-11)26-18(20)21/h2-8,10,18H,9H2,1H3,(H,22,25)(H,23,24). The van der Waals surface area contributed by atoms with Crippen LogP contribution in [0.3, 0.4) is 0 Å². The highest BCUT2D eigenvalue weighted by Crippen LogP contribution is 2.30. The lowest BCUT2D eigenvalue weighted by atomic mass is 10.3. The van der Waals surface area contributed by atoms with Gasteiger partial charge in [-0.1, -0.05) is 23.7 Å². The van der Waals surface area contributed by atoms with Crippen LogP contribution in [0, 0.1) is 0 Å². The van der Waals surface area contributed by atoms with Crippen LogP contribution in [0.4, 0.5) is 14.5 Å². The quantitative estimate of drug-likeness (QED) is 0.557. The number of imidazole rings is 1. The molecule has 0 aliphatic heterocycles. The van der Waals surface area contributed by atoms with Crippen molar-refractivity contribution in [1.29, 1.82) is 0 Å². The Labute approximate surface area is 163 Å². The number of hydrogen-bond donors (Lipinski definition) is 2. The number of rotatable bonds is 7. The van der Waals surface area contributed by atoms with Gasteiger partial charge in [0, 0.05) is 5.69 Å². The molecule has 0 saturated heterocycles. The molecule has 1 amide bonds. The third-order valence-electron chi connectivity index (χ3n) is 3.69. The summed E-state index contributed by atoms with van der Waals surface area (Å²) in [6.45, 7) is -0.998. The van der Waals surface area contributed by atoms with Gasteiger partial charge >= 0.3 is 6.61 Å². The first-order valence-electron chi connectivity index (χ1n) is 8.03. The van der Waals surface area contributed by atoms with E-state index in [1.807, 2.05) is 31.2 Å². The van der Waals surface area contributed by atoms with E-state index in [9.17, 15) is 13.6 Å². The van der Waals surface area contributed by atoms with Crippen molar-refractivity contribution in [3.63, 3.8) is 0 Å². The SMILES string of the molecule is CC(SCC(=O)Nc1ccc(OC(F)F)c(Cl)c1)c1nc2ccccc2[nH]1. The zero-order valence-corrected chi connectivity index (χ0v) is 15.8. The average molecular weight is 412 g/mol. The number of ether oxygens (including phenoxy) is 1. The van der Waals surface area contributed by atoms with Crippen molar-refractivity contribution in [2.24, 2.45) is 0 Å². The number of nitrogens with zero attached hydrogens (tertiary/aromatic N) is 1.